The molecular formula is C7H11N3O2. The molecule has 0 aromatic heterocycles. The molecule has 0 saturated carbocycles. The predicted molar refractivity (Wildman–Crippen MR) is 43.5 cm³/mol. The SMILES string of the molecule is CCOC(CCC#N)=NC(N)=O. The highest BCUT2D eigenvalue weighted by Gasteiger charge is 2.00. The zero-order valence-electron chi connectivity index (χ0n) is 6.91. The van der Waals surface area contributed by atoms with Gasteiger partial charge in [-0.05, 0) is 6.92 Å². The van der Waals surface area contributed by atoms with E-state index in [2.05, 4.69) is 4.99 Å². The molecule has 0 aromatic rings. The van der Waals surface area contributed by atoms with Crippen LogP contribution >= 0.6 is 0 Å². The lowest BCUT2D eigenvalue weighted by Gasteiger charge is -2.02. The number of carbonyl (C=O) groups is 1. The van der Waals surface area contributed by atoms with Gasteiger partial charge >= 0.3 is 6.03 Å². The molecule has 0 fully saturated rings. The maximum absolute atomic E-state index is 10.3. The lowest BCUT2D eigenvalue weighted by molar-refractivity contribution is 0.254. The molecule has 5 nitrogen and oxygen atoms in total. The second-order valence-corrected chi connectivity index (χ2v) is 1.93. The van der Waals surface area contributed by atoms with E-state index in [1.165, 1.54) is 0 Å². The van der Waals surface area contributed by atoms with Crippen LogP contribution in [-0.2, 0) is 4.74 Å². The molecule has 0 aliphatic heterocycles. The minimum Gasteiger partial charge on any atom is -0.481 e. The second kappa shape index (κ2) is 6.16. The molecule has 0 spiro atoms. The summed E-state index contributed by atoms with van der Waals surface area (Å²) in [5, 5.41) is 8.24. The number of nitrogens with two attached hydrogens (primary N) is 1. The molecule has 12 heavy (non-hydrogen) atoms. The summed E-state index contributed by atoms with van der Waals surface area (Å²) in [7, 11) is 0. The van der Waals surface area contributed by atoms with Crippen LogP contribution in [0.25, 0.3) is 0 Å². The molecule has 5 heteroatoms. The van der Waals surface area contributed by atoms with Crippen molar-refractivity contribution < 1.29 is 9.53 Å². The maximum Gasteiger partial charge on any atom is 0.341 e. The Bertz CT molecular complexity index is 217. The molecule has 0 aliphatic rings. The lowest BCUT2D eigenvalue weighted by Crippen LogP contribution is -2.12. The van der Waals surface area contributed by atoms with Crippen molar-refractivity contribution in [2.75, 3.05) is 6.61 Å². The molecule has 0 saturated heterocycles. The summed E-state index contributed by atoms with van der Waals surface area (Å²) in [4.78, 5) is 13.7. The minimum absolute atomic E-state index is 0.228. The summed E-state index contributed by atoms with van der Waals surface area (Å²) < 4.78 is 4.95. The van der Waals surface area contributed by atoms with E-state index < -0.39 is 6.03 Å². The van der Waals surface area contributed by atoms with Gasteiger partial charge in [0.2, 0.25) is 0 Å². The van der Waals surface area contributed by atoms with Gasteiger partial charge in [-0.2, -0.15) is 10.3 Å². The third-order valence-electron chi connectivity index (χ3n) is 0.997. The monoisotopic (exact) mass is 169 g/mol. The van der Waals surface area contributed by atoms with Crippen molar-refractivity contribution in [1.29, 1.82) is 5.26 Å². The molecule has 66 valence electrons. The Kier molecular flexibility index (Phi) is 5.35. The maximum atomic E-state index is 10.3. The van der Waals surface area contributed by atoms with Crippen molar-refractivity contribution in [3.05, 3.63) is 0 Å². The van der Waals surface area contributed by atoms with E-state index in [0.717, 1.165) is 0 Å². The lowest BCUT2D eigenvalue weighted by atomic mass is 10.3. The topological polar surface area (TPSA) is 88.5 Å². The van der Waals surface area contributed by atoms with Crippen molar-refractivity contribution in [3.63, 3.8) is 0 Å². The standard InChI is InChI=1S/C7H11N3O2/c1-2-12-6(4-3-5-8)10-7(9)11/h2-4H2,1H3,(H2,9,11). The quantitative estimate of drug-likeness (QED) is 0.500. The van der Waals surface area contributed by atoms with E-state index in [1.54, 1.807) is 6.92 Å². The summed E-state index contributed by atoms with van der Waals surface area (Å²) in [5.74, 6) is 0.228. The van der Waals surface area contributed by atoms with Crippen LogP contribution in [-0.4, -0.2) is 18.5 Å². The number of nitrogens with zero attached hydrogens (tertiary/aromatic N) is 2. The number of hydrogen-bond acceptors (Lipinski definition) is 3. The van der Waals surface area contributed by atoms with Gasteiger partial charge in [-0.3, -0.25) is 0 Å². The fourth-order valence-corrected chi connectivity index (χ4v) is 0.613. The van der Waals surface area contributed by atoms with Crippen molar-refractivity contribution >= 4 is 11.9 Å². The third kappa shape index (κ3) is 5.23. The molecule has 0 aromatic carbocycles. The van der Waals surface area contributed by atoms with E-state index in [4.69, 9.17) is 15.7 Å². The van der Waals surface area contributed by atoms with Crippen LogP contribution in [0.3, 0.4) is 0 Å². The Morgan fingerprint density at radius 2 is 2.42 bits per heavy atom. The summed E-state index contributed by atoms with van der Waals surface area (Å²) >= 11 is 0. The Morgan fingerprint density at radius 3 is 2.83 bits per heavy atom. The number of urea groups is 1. The first kappa shape index (κ1) is 10.4. The predicted octanol–water partition coefficient (Wildman–Crippen LogP) is 0.804. The number of carbonyl (C=O) groups excluding carboxylic acids is 1. The van der Waals surface area contributed by atoms with Crippen molar-refractivity contribution in [3.8, 4) is 6.07 Å². The number of primary amides is 1. The highest BCUT2D eigenvalue weighted by atomic mass is 16.5. The van der Waals surface area contributed by atoms with Crippen molar-refractivity contribution in [2.24, 2.45) is 10.7 Å². The molecule has 0 unspecified atom stereocenters. The highest BCUT2D eigenvalue weighted by Crippen LogP contribution is 1.94. The van der Waals surface area contributed by atoms with Gasteiger partial charge in [0.25, 0.3) is 0 Å². The first-order chi connectivity index (χ1) is 5.70. The van der Waals surface area contributed by atoms with Crippen LogP contribution in [0, 0.1) is 11.3 Å². The number of nitriles is 1. The fourth-order valence-electron chi connectivity index (χ4n) is 0.613. The normalized spacial score (nSPS) is 10.5. The molecule has 2 N–H and O–H groups in total. The van der Waals surface area contributed by atoms with Crippen LogP contribution in [0.4, 0.5) is 4.79 Å². The first-order valence-electron chi connectivity index (χ1n) is 3.57. The minimum atomic E-state index is -0.795. The molecule has 0 atom stereocenters. The van der Waals surface area contributed by atoms with Crippen molar-refractivity contribution in [1.82, 2.24) is 0 Å². The van der Waals surface area contributed by atoms with Gasteiger partial charge in [-0.15, -0.1) is 0 Å². The Labute approximate surface area is 70.8 Å². The largest absolute Gasteiger partial charge is 0.481 e. The average Bonchev–Trinajstić information content (AvgIpc) is 2.00. The zero-order chi connectivity index (χ0) is 9.40. The molecule has 2 amide bonds. The van der Waals surface area contributed by atoms with E-state index in [0.29, 0.717) is 13.0 Å². The van der Waals surface area contributed by atoms with E-state index in [1.807, 2.05) is 6.07 Å². The van der Waals surface area contributed by atoms with Gasteiger partial charge in [0, 0.05) is 12.8 Å². The molecule has 0 heterocycles. The van der Waals surface area contributed by atoms with Gasteiger partial charge in [-0.1, -0.05) is 0 Å². The Morgan fingerprint density at radius 1 is 1.75 bits per heavy atom. The van der Waals surface area contributed by atoms with Crippen LogP contribution in [0.5, 0.6) is 0 Å². The average molecular weight is 169 g/mol. The molecule has 0 rings (SSSR count). The zero-order valence-corrected chi connectivity index (χ0v) is 6.91. The molecule has 0 aliphatic carbocycles. The Balaban J connectivity index is 4.04. The smallest absolute Gasteiger partial charge is 0.341 e. The van der Waals surface area contributed by atoms with Gasteiger partial charge < -0.3 is 10.5 Å². The third-order valence-corrected chi connectivity index (χ3v) is 0.997. The molecular weight excluding hydrogens is 158 g/mol. The summed E-state index contributed by atoms with van der Waals surface area (Å²) in [6.07, 6.45) is 0.597. The van der Waals surface area contributed by atoms with Gasteiger partial charge in [0.05, 0.1) is 12.7 Å². The Hall–Kier alpha value is -1.57. The molecule has 0 radical (unpaired) electrons. The molecule has 0 bridgehead atoms. The van der Waals surface area contributed by atoms with Gasteiger partial charge in [0.1, 0.15) is 0 Å². The van der Waals surface area contributed by atoms with Crippen LogP contribution in [0.1, 0.15) is 19.8 Å². The second-order valence-electron chi connectivity index (χ2n) is 1.93. The van der Waals surface area contributed by atoms with E-state index in [-0.39, 0.29) is 12.3 Å². The fraction of sp³-hybridized carbons (Fsp3) is 0.571. The highest BCUT2D eigenvalue weighted by molar-refractivity contribution is 5.89. The van der Waals surface area contributed by atoms with E-state index >= 15 is 0 Å². The summed E-state index contributed by atoms with van der Waals surface area (Å²) in [6, 6.07) is 1.12. The summed E-state index contributed by atoms with van der Waals surface area (Å²) in [5.41, 5.74) is 4.81. The van der Waals surface area contributed by atoms with Crippen LogP contribution in [0.15, 0.2) is 4.99 Å². The van der Waals surface area contributed by atoms with Crippen LogP contribution in [0.2, 0.25) is 0 Å². The number of amides is 2. The van der Waals surface area contributed by atoms with E-state index in [9.17, 15) is 4.79 Å². The summed E-state index contributed by atoms with van der Waals surface area (Å²) in [6.45, 7) is 2.18. The number of rotatable bonds is 3. The van der Waals surface area contributed by atoms with Gasteiger partial charge in [0.15, 0.2) is 5.90 Å². The van der Waals surface area contributed by atoms with Crippen LogP contribution < -0.4 is 5.73 Å². The number of hydrogen-bond donors (Lipinski definition) is 1. The first-order valence-corrected chi connectivity index (χ1v) is 3.57. The van der Waals surface area contributed by atoms with Gasteiger partial charge in [-0.25, -0.2) is 4.79 Å². The van der Waals surface area contributed by atoms with Crippen molar-refractivity contribution in [2.45, 2.75) is 19.8 Å². The number of aliphatic imine (C=N–C) groups is 1. The number of ether oxygens (including phenoxy) is 1.